The Kier molecular flexibility index (Phi) is 4.29. The third-order valence-electron chi connectivity index (χ3n) is 5.14. The van der Waals surface area contributed by atoms with Crippen LogP contribution in [0.4, 0.5) is 0 Å². The monoisotopic (exact) mass is 348 g/mol. The Morgan fingerprint density at radius 1 is 1.04 bits per heavy atom. The molecule has 0 bridgehead atoms. The Bertz CT molecular complexity index is 890. The number of fused-ring (bicyclic) bond motifs is 2. The van der Waals surface area contributed by atoms with Gasteiger partial charge in [0, 0.05) is 5.56 Å². The third kappa shape index (κ3) is 3.01. The predicted octanol–water partition coefficient (Wildman–Crippen LogP) is 2.41. The Morgan fingerprint density at radius 3 is 2.62 bits per heavy atom. The number of hydrogen-bond acceptors (Lipinski definition) is 3. The largest absolute Gasteiger partial charge is 0.348 e. The van der Waals surface area contributed by atoms with E-state index in [4.69, 9.17) is 0 Å². The lowest BCUT2D eigenvalue weighted by Gasteiger charge is -2.29. The summed E-state index contributed by atoms with van der Waals surface area (Å²) < 4.78 is 0. The van der Waals surface area contributed by atoms with Gasteiger partial charge < -0.3 is 5.32 Å². The van der Waals surface area contributed by atoms with Crippen LogP contribution in [0.2, 0.25) is 0 Å². The molecule has 1 N–H and O–H groups in total. The van der Waals surface area contributed by atoms with Gasteiger partial charge in [0.2, 0.25) is 11.8 Å². The molecule has 2 aromatic carbocycles. The topological polar surface area (TPSA) is 66.5 Å². The summed E-state index contributed by atoms with van der Waals surface area (Å²) >= 11 is 0. The second kappa shape index (κ2) is 6.75. The van der Waals surface area contributed by atoms with E-state index in [2.05, 4.69) is 11.4 Å². The summed E-state index contributed by atoms with van der Waals surface area (Å²) in [6, 6.07) is 15.1. The minimum Gasteiger partial charge on any atom is -0.348 e. The highest BCUT2D eigenvalue weighted by Gasteiger charge is 2.32. The van der Waals surface area contributed by atoms with Gasteiger partial charge in [0.15, 0.2) is 0 Å². The number of nitrogens with zero attached hydrogens (tertiary/aromatic N) is 1. The van der Waals surface area contributed by atoms with E-state index in [0.717, 1.165) is 35.3 Å². The standard InChI is InChI=1S/C21H20N2O3/c24-19(22-18-11-5-8-14-6-1-3-9-16(14)18)13-23-20(25)12-15-7-2-4-10-17(15)21(23)26/h1-4,6-7,9-10,18H,5,8,11-13H2,(H,22,24)/t18-/m1/s1. The molecular formula is C21H20N2O3. The van der Waals surface area contributed by atoms with E-state index in [1.165, 1.54) is 5.56 Å². The molecule has 1 heterocycles. The first-order valence-electron chi connectivity index (χ1n) is 8.93. The smallest absolute Gasteiger partial charge is 0.261 e. The van der Waals surface area contributed by atoms with Gasteiger partial charge in [0.25, 0.3) is 5.91 Å². The second-order valence-corrected chi connectivity index (χ2v) is 6.83. The first-order chi connectivity index (χ1) is 12.6. The fourth-order valence-corrected chi connectivity index (χ4v) is 3.85. The molecular weight excluding hydrogens is 328 g/mol. The number of imide groups is 1. The highest BCUT2D eigenvalue weighted by atomic mass is 16.2. The van der Waals surface area contributed by atoms with E-state index in [1.807, 2.05) is 24.3 Å². The normalized spacial score (nSPS) is 18.9. The van der Waals surface area contributed by atoms with Crippen molar-refractivity contribution in [3.05, 3.63) is 70.8 Å². The quantitative estimate of drug-likeness (QED) is 0.866. The number of carbonyl (C=O) groups is 3. The zero-order valence-corrected chi connectivity index (χ0v) is 14.4. The first-order valence-corrected chi connectivity index (χ1v) is 8.93. The molecule has 5 heteroatoms. The van der Waals surface area contributed by atoms with Gasteiger partial charge in [-0.25, -0.2) is 0 Å². The number of amides is 3. The highest BCUT2D eigenvalue weighted by Crippen LogP contribution is 2.29. The lowest BCUT2D eigenvalue weighted by molar-refractivity contribution is -0.133. The van der Waals surface area contributed by atoms with E-state index in [9.17, 15) is 14.4 Å². The van der Waals surface area contributed by atoms with Crippen LogP contribution in [-0.4, -0.2) is 29.2 Å². The summed E-state index contributed by atoms with van der Waals surface area (Å²) in [5, 5.41) is 3.00. The van der Waals surface area contributed by atoms with E-state index in [-0.39, 0.29) is 30.8 Å². The van der Waals surface area contributed by atoms with Crippen LogP contribution < -0.4 is 5.32 Å². The van der Waals surface area contributed by atoms with Crippen molar-refractivity contribution >= 4 is 17.7 Å². The molecule has 3 amide bonds. The van der Waals surface area contributed by atoms with Crippen LogP contribution in [0.1, 0.15) is 45.9 Å². The molecule has 0 saturated heterocycles. The zero-order chi connectivity index (χ0) is 18.1. The van der Waals surface area contributed by atoms with Crippen molar-refractivity contribution in [1.82, 2.24) is 10.2 Å². The van der Waals surface area contributed by atoms with Crippen molar-refractivity contribution in [1.29, 1.82) is 0 Å². The predicted molar refractivity (Wildman–Crippen MR) is 96.5 cm³/mol. The van der Waals surface area contributed by atoms with Gasteiger partial charge in [-0.1, -0.05) is 42.5 Å². The number of nitrogens with one attached hydrogen (secondary N) is 1. The fraction of sp³-hybridized carbons (Fsp3) is 0.286. The number of hydrogen-bond donors (Lipinski definition) is 1. The molecule has 0 saturated carbocycles. The van der Waals surface area contributed by atoms with Gasteiger partial charge in [0.05, 0.1) is 12.5 Å². The van der Waals surface area contributed by atoms with Crippen LogP contribution in [0.15, 0.2) is 48.5 Å². The molecule has 2 aliphatic rings. The van der Waals surface area contributed by atoms with Crippen LogP contribution in [0.3, 0.4) is 0 Å². The van der Waals surface area contributed by atoms with Gasteiger partial charge >= 0.3 is 0 Å². The molecule has 0 unspecified atom stereocenters. The molecule has 1 aliphatic carbocycles. The van der Waals surface area contributed by atoms with E-state index in [0.29, 0.717) is 5.56 Å². The molecule has 1 aliphatic heterocycles. The molecule has 0 aromatic heterocycles. The molecule has 0 radical (unpaired) electrons. The summed E-state index contributed by atoms with van der Waals surface area (Å²) in [6.45, 7) is -0.231. The number of aryl methyl sites for hydroxylation is 1. The number of benzene rings is 2. The third-order valence-corrected chi connectivity index (χ3v) is 5.14. The van der Waals surface area contributed by atoms with Crippen LogP contribution in [-0.2, 0) is 22.4 Å². The molecule has 2 aromatic rings. The Balaban J connectivity index is 1.48. The summed E-state index contributed by atoms with van der Waals surface area (Å²) in [5.74, 6) is -1.02. The number of rotatable bonds is 3. The molecule has 4 rings (SSSR count). The van der Waals surface area contributed by atoms with E-state index >= 15 is 0 Å². The Labute approximate surface area is 152 Å². The maximum absolute atomic E-state index is 12.6. The van der Waals surface area contributed by atoms with Gasteiger partial charge in [-0.3, -0.25) is 19.3 Å². The summed E-state index contributed by atoms with van der Waals surface area (Å²) in [7, 11) is 0. The van der Waals surface area contributed by atoms with E-state index < -0.39 is 5.91 Å². The van der Waals surface area contributed by atoms with Crippen molar-refractivity contribution in [2.24, 2.45) is 0 Å². The SMILES string of the molecule is O=C(CN1C(=O)Cc2ccccc2C1=O)N[C@@H]1CCCc2ccccc21. The average molecular weight is 348 g/mol. The lowest BCUT2D eigenvalue weighted by atomic mass is 9.88. The van der Waals surface area contributed by atoms with Crippen LogP contribution in [0.5, 0.6) is 0 Å². The maximum atomic E-state index is 12.6. The van der Waals surface area contributed by atoms with Crippen molar-refractivity contribution in [2.45, 2.75) is 31.7 Å². The molecule has 0 spiro atoms. The van der Waals surface area contributed by atoms with Gasteiger partial charge in [-0.05, 0) is 42.0 Å². The Morgan fingerprint density at radius 2 is 1.77 bits per heavy atom. The highest BCUT2D eigenvalue weighted by molar-refractivity contribution is 6.11. The van der Waals surface area contributed by atoms with Crippen molar-refractivity contribution in [3.63, 3.8) is 0 Å². The molecule has 0 fully saturated rings. The molecule has 132 valence electrons. The minimum absolute atomic E-state index is 0.0604. The van der Waals surface area contributed by atoms with Crippen LogP contribution in [0, 0.1) is 0 Å². The van der Waals surface area contributed by atoms with Gasteiger partial charge in [-0.2, -0.15) is 0 Å². The summed E-state index contributed by atoms with van der Waals surface area (Å²) in [4.78, 5) is 38.5. The average Bonchev–Trinajstić information content (AvgIpc) is 2.65. The van der Waals surface area contributed by atoms with Gasteiger partial charge in [0.1, 0.15) is 6.54 Å². The maximum Gasteiger partial charge on any atom is 0.261 e. The molecule has 26 heavy (non-hydrogen) atoms. The second-order valence-electron chi connectivity index (χ2n) is 6.83. The Hall–Kier alpha value is -2.95. The van der Waals surface area contributed by atoms with Gasteiger partial charge in [-0.15, -0.1) is 0 Å². The van der Waals surface area contributed by atoms with Crippen molar-refractivity contribution in [3.8, 4) is 0 Å². The molecule has 5 nitrogen and oxygen atoms in total. The first kappa shape index (κ1) is 16.5. The molecule has 1 atom stereocenters. The summed E-state index contributed by atoms with van der Waals surface area (Å²) in [5.41, 5.74) is 3.61. The summed E-state index contributed by atoms with van der Waals surface area (Å²) in [6.07, 6.45) is 3.05. The number of carbonyl (C=O) groups excluding carboxylic acids is 3. The van der Waals surface area contributed by atoms with Crippen molar-refractivity contribution < 1.29 is 14.4 Å². The fourth-order valence-electron chi connectivity index (χ4n) is 3.85. The van der Waals surface area contributed by atoms with Crippen molar-refractivity contribution in [2.75, 3.05) is 6.54 Å². The van der Waals surface area contributed by atoms with Crippen LogP contribution >= 0.6 is 0 Å². The minimum atomic E-state index is -0.393. The zero-order valence-electron chi connectivity index (χ0n) is 14.4. The van der Waals surface area contributed by atoms with Crippen LogP contribution in [0.25, 0.3) is 0 Å². The van der Waals surface area contributed by atoms with E-state index in [1.54, 1.807) is 18.2 Å². The lowest BCUT2D eigenvalue weighted by Crippen LogP contribution is -2.48.